The van der Waals surface area contributed by atoms with E-state index < -0.39 is 23.8 Å². The van der Waals surface area contributed by atoms with E-state index in [2.05, 4.69) is 0 Å². The molecule has 0 saturated carbocycles. The number of ether oxygens (including phenoxy) is 5. The van der Waals surface area contributed by atoms with Gasteiger partial charge in [-0.05, 0) is 66.8 Å². The van der Waals surface area contributed by atoms with Gasteiger partial charge in [0.15, 0.2) is 17.3 Å². The normalized spacial score (nSPS) is 19.4. The molecule has 9 nitrogen and oxygen atoms in total. The molecule has 2 aliphatic rings. The Morgan fingerprint density at radius 3 is 2.23 bits per heavy atom. The third-order valence-corrected chi connectivity index (χ3v) is 8.05. The van der Waals surface area contributed by atoms with Gasteiger partial charge in [0, 0.05) is 29.3 Å². The second-order valence-corrected chi connectivity index (χ2v) is 10.7. The molecule has 0 spiro atoms. The van der Waals surface area contributed by atoms with Crippen molar-refractivity contribution in [2.75, 3.05) is 34.5 Å². The van der Waals surface area contributed by atoms with Gasteiger partial charge in [-0.25, -0.2) is 4.79 Å². The number of allylic oxidation sites excluding steroid dienone is 2. The zero-order valence-electron chi connectivity index (χ0n) is 25.2. The summed E-state index contributed by atoms with van der Waals surface area (Å²) in [5.41, 5.74) is 3.72. The van der Waals surface area contributed by atoms with E-state index in [-0.39, 0.29) is 31.3 Å². The fourth-order valence-electron chi connectivity index (χ4n) is 5.92. The van der Waals surface area contributed by atoms with Crippen molar-refractivity contribution >= 4 is 23.4 Å². The Labute approximate surface area is 256 Å². The first kappa shape index (κ1) is 30.5. The second-order valence-electron chi connectivity index (χ2n) is 10.7. The molecule has 44 heavy (non-hydrogen) atoms. The lowest BCUT2D eigenvalue weighted by molar-refractivity contribution is -0.147. The first-order valence-electron chi connectivity index (χ1n) is 14.4. The summed E-state index contributed by atoms with van der Waals surface area (Å²) >= 11 is 0. The highest BCUT2D eigenvalue weighted by atomic mass is 16.6. The molecule has 3 atom stereocenters. The number of carbonyl (C=O) groups excluding carboxylic acids is 3. The molecule has 0 radical (unpaired) electrons. The largest absolute Gasteiger partial charge is 0.493 e. The SMILES string of the molecule is COC(=O)c1ccc([C@H]2C3=C(C[C@@H](c4ccc(OC)c(OC)c4)CC3=O)N=C(C)C2C(=O)OCCOc2ccccc2)cc1. The van der Waals surface area contributed by atoms with E-state index in [4.69, 9.17) is 28.7 Å². The molecule has 3 aromatic carbocycles. The van der Waals surface area contributed by atoms with Gasteiger partial charge in [-0.15, -0.1) is 0 Å². The molecule has 0 saturated heterocycles. The van der Waals surface area contributed by atoms with Crippen LogP contribution in [0.5, 0.6) is 17.2 Å². The summed E-state index contributed by atoms with van der Waals surface area (Å²) in [7, 11) is 4.47. The molecular formula is C35H35NO8. The highest BCUT2D eigenvalue weighted by Crippen LogP contribution is 2.47. The number of nitrogens with zero attached hydrogens (tertiary/aromatic N) is 1. The highest BCUT2D eigenvalue weighted by Gasteiger charge is 2.45. The number of hydrogen-bond donors (Lipinski definition) is 0. The molecule has 1 aliphatic heterocycles. The zero-order valence-corrected chi connectivity index (χ0v) is 25.2. The van der Waals surface area contributed by atoms with Crippen LogP contribution in [0.1, 0.15) is 53.1 Å². The third-order valence-electron chi connectivity index (χ3n) is 8.05. The smallest absolute Gasteiger partial charge is 0.337 e. The Balaban J connectivity index is 1.45. The monoisotopic (exact) mass is 597 g/mol. The summed E-state index contributed by atoms with van der Waals surface area (Å²) in [6.07, 6.45) is 0.754. The number of hydrogen-bond acceptors (Lipinski definition) is 9. The average molecular weight is 598 g/mol. The Bertz CT molecular complexity index is 1590. The van der Waals surface area contributed by atoms with Gasteiger partial charge < -0.3 is 23.7 Å². The van der Waals surface area contributed by atoms with Gasteiger partial charge in [-0.1, -0.05) is 36.4 Å². The number of carbonyl (C=O) groups is 3. The Kier molecular flexibility index (Phi) is 9.43. The van der Waals surface area contributed by atoms with Crippen molar-refractivity contribution in [2.45, 2.75) is 31.6 Å². The Morgan fingerprint density at radius 2 is 1.55 bits per heavy atom. The lowest BCUT2D eigenvalue weighted by Crippen LogP contribution is -2.38. The molecule has 1 aliphatic carbocycles. The van der Waals surface area contributed by atoms with Crippen LogP contribution in [-0.2, 0) is 19.1 Å². The van der Waals surface area contributed by atoms with Gasteiger partial charge in [0.1, 0.15) is 24.9 Å². The summed E-state index contributed by atoms with van der Waals surface area (Å²) in [6, 6.07) is 21.7. The van der Waals surface area contributed by atoms with Crippen molar-refractivity contribution in [3.63, 3.8) is 0 Å². The predicted octanol–water partition coefficient (Wildman–Crippen LogP) is 5.69. The quantitative estimate of drug-likeness (QED) is 0.217. The van der Waals surface area contributed by atoms with E-state index in [1.165, 1.54) is 7.11 Å². The topological polar surface area (TPSA) is 110 Å². The molecule has 3 aromatic rings. The molecule has 0 amide bonds. The van der Waals surface area contributed by atoms with Crippen molar-refractivity contribution in [2.24, 2.45) is 10.9 Å². The first-order valence-corrected chi connectivity index (χ1v) is 14.4. The van der Waals surface area contributed by atoms with Crippen LogP contribution >= 0.6 is 0 Å². The maximum Gasteiger partial charge on any atom is 0.337 e. The molecule has 1 heterocycles. The van der Waals surface area contributed by atoms with Crippen molar-refractivity contribution in [1.29, 1.82) is 0 Å². The van der Waals surface area contributed by atoms with Crippen molar-refractivity contribution < 1.29 is 38.1 Å². The van der Waals surface area contributed by atoms with Crippen LogP contribution in [0.4, 0.5) is 0 Å². The van der Waals surface area contributed by atoms with E-state index in [0.717, 1.165) is 5.56 Å². The third kappa shape index (κ3) is 6.37. The maximum absolute atomic E-state index is 14.0. The summed E-state index contributed by atoms with van der Waals surface area (Å²) in [6.45, 7) is 2.00. The number of benzene rings is 3. The molecule has 9 heteroatoms. The Morgan fingerprint density at radius 1 is 0.841 bits per heavy atom. The fourth-order valence-corrected chi connectivity index (χ4v) is 5.92. The number of rotatable bonds is 10. The van der Waals surface area contributed by atoms with Crippen molar-refractivity contribution in [1.82, 2.24) is 0 Å². The van der Waals surface area contributed by atoms with Crippen LogP contribution < -0.4 is 14.2 Å². The van der Waals surface area contributed by atoms with Crippen molar-refractivity contribution in [3.05, 3.63) is 101 Å². The molecule has 0 N–H and O–H groups in total. The summed E-state index contributed by atoms with van der Waals surface area (Å²) in [5.74, 6) is -0.766. The molecule has 0 fully saturated rings. The minimum atomic E-state index is -0.823. The van der Waals surface area contributed by atoms with Gasteiger partial charge in [-0.3, -0.25) is 14.6 Å². The van der Waals surface area contributed by atoms with Crippen LogP contribution in [0.3, 0.4) is 0 Å². The summed E-state index contributed by atoms with van der Waals surface area (Å²) < 4.78 is 27.1. The van der Waals surface area contributed by atoms with Crippen LogP contribution in [0.15, 0.2) is 89.1 Å². The molecule has 228 valence electrons. The molecular weight excluding hydrogens is 562 g/mol. The van der Waals surface area contributed by atoms with Gasteiger partial charge in [0.05, 0.1) is 26.9 Å². The van der Waals surface area contributed by atoms with Crippen molar-refractivity contribution in [3.8, 4) is 17.2 Å². The molecule has 0 bridgehead atoms. The number of Topliss-reactive ketones (excluding diaryl/α,β-unsaturated/α-hetero) is 1. The molecule has 0 aromatic heterocycles. The zero-order chi connectivity index (χ0) is 31.2. The standard InChI is InChI=1S/C35H35NO8/c1-21-31(35(39)44-17-16-43-26-8-6-5-7-9-26)32(22-10-12-23(13-11-22)34(38)42-4)33-27(36-21)18-25(19-28(33)37)24-14-15-29(40-2)30(20-24)41-3/h5-15,20,25,31-32H,16-19H2,1-4H3/t25-,31?,32-/m1/s1. The average Bonchev–Trinajstić information content (AvgIpc) is 3.05. The number of para-hydroxylation sites is 1. The second kappa shape index (κ2) is 13.6. The van der Waals surface area contributed by atoms with Gasteiger partial charge in [0.2, 0.25) is 0 Å². The summed E-state index contributed by atoms with van der Waals surface area (Å²) in [4.78, 5) is 44.5. The predicted molar refractivity (Wildman–Crippen MR) is 164 cm³/mol. The highest BCUT2D eigenvalue weighted by molar-refractivity contribution is 6.09. The number of methoxy groups -OCH3 is 3. The molecule has 1 unspecified atom stereocenters. The van der Waals surface area contributed by atoms with Gasteiger partial charge in [0.25, 0.3) is 0 Å². The maximum atomic E-state index is 14.0. The molecule has 5 rings (SSSR count). The number of aliphatic imine (C=N–C) groups is 1. The van der Waals surface area contributed by atoms with E-state index in [9.17, 15) is 14.4 Å². The number of ketones is 1. The fraction of sp³-hybridized carbons (Fsp3) is 0.314. The van der Waals surface area contributed by atoms with Gasteiger partial charge in [-0.2, -0.15) is 0 Å². The van der Waals surface area contributed by atoms with E-state index in [1.807, 2.05) is 48.5 Å². The summed E-state index contributed by atoms with van der Waals surface area (Å²) in [5, 5.41) is 0. The lowest BCUT2D eigenvalue weighted by atomic mass is 9.69. The van der Waals surface area contributed by atoms with Crippen LogP contribution in [-0.4, -0.2) is 58.0 Å². The van der Waals surface area contributed by atoms with E-state index in [1.54, 1.807) is 45.4 Å². The van der Waals surface area contributed by atoms with Gasteiger partial charge >= 0.3 is 11.9 Å². The first-order chi connectivity index (χ1) is 21.3. The Hall–Kier alpha value is -4.92. The van der Waals surface area contributed by atoms with Crippen LogP contribution in [0, 0.1) is 5.92 Å². The van der Waals surface area contributed by atoms with Crippen LogP contribution in [0.25, 0.3) is 0 Å². The lowest BCUT2D eigenvalue weighted by Gasteiger charge is -2.36. The number of esters is 2. The van der Waals surface area contributed by atoms with E-state index in [0.29, 0.717) is 51.8 Å². The van der Waals surface area contributed by atoms with Crippen LogP contribution in [0.2, 0.25) is 0 Å². The van der Waals surface area contributed by atoms with E-state index >= 15 is 0 Å². The minimum absolute atomic E-state index is 0.0345. The minimum Gasteiger partial charge on any atom is -0.493 e.